The average Bonchev–Trinajstić information content (AvgIpc) is 3.01. The summed E-state index contributed by atoms with van der Waals surface area (Å²) >= 11 is 0. The molecule has 10 heteroatoms. The van der Waals surface area contributed by atoms with Gasteiger partial charge in [0.1, 0.15) is 11.5 Å². The summed E-state index contributed by atoms with van der Waals surface area (Å²) < 4.78 is 33.5. The number of hydrogen-bond acceptors (Lipinski definition) is 3. The number of nitrogen functional groups attached to an aromatic ring is 1. The normalized spacial score (nSPS) is 10.9. The molecular formula is C19H16F3N3O4. The molecule has 0 atom stereocenters. The van der Waals surface area contributed by atoms with Crippen LogP contribution in [0.2, 0.25) is 0 Å². The number of halogens is 3. The number of aliphatic carboxylic acids is 1. The number of hydrogen-bond donors (Lipinski definition) is 4. The van der Waals surface area contributed by atoms with E-state index in [1.165, 1.54) is 0 Å². The Morgan fingerprint density at radius 1 is 1.03 bits per heavy atom. The van der Waals surface area contributed by atoms with E-state index in [2.05, 4.69) is 0 Å². The summed E-state index contributed by atoms with van der Waals surface area (Å²) in [5.74, 6) is -3.72. The lowest BCUT2D eigenvalue weighted by molar-refractivity contribution is -0.192. The lowest BCUT2D eigenvalue weighted by atomic mass is 10.1. The lowest BCUT2D eigenvalue weighted by Gasteiger charge is -2.10. The average molecular weight is 407 g/mol. The summed E-state index contributed by atoms with van der Waals surface area (Å²) in [6.45, 7) is 0.413. The topological polar surface area (TPSA) is 129 Å². The van der Waals surface area contributed by atoms with Crippen molar-refractivity contribution in [2.24, 2.45) is 5.73 Å². The van der Waals surface area contributed by atoms with Gasteiger partial charge in [-0.15, -0.1) is 0 Å². The van der Waals surface area contributed by atoms with Gasteiger partial charge in [-0.05, 0) is 23.8 Å². The maximum absolute atomic E-state index is 11.5. The minimum absolute atomic E-state index is 0.00216. The predicted molar refractivity (Wildman–Crippen MR) is 99.1 cm³/mol. The number of carboxylic acids is 2. The van der Waals surface area contributed by atoms with E-state index in [-0.39, 0.29) is 11.5 Å². The zero-order valence-electron chi connectivity index (χ0n) is 14.8. The largest absolute Gasteiger partial charge is 0.490 e. The van der Waals surface area contributed by atoms with Gasteiger partial charge in [0.15, 0.2) is 0 Å². The molecule has 0 spiro atoms. The summed E-state index contributed by atoms with van der Waals surface area (Å²) in [6.07, 6.45) is -5.08. The second-order valence-corrected chi connectivity index (χ2v) is 5.90. The smallest absolute Gasteiger partial charge is 0.477 e. The minimum Gasteiger partial charge on any atom is -0.477 e. The third kappa shape index (κ3) is 5.34. The molecule has 3 rings (SSSR count). The molecule has 152 valence electrons. The number of para-hydroxylation sites is 1. The Balaban J connectivity index is 0.000000370. The summed E-state index contributed by atoms with van der Waals surface area (Å²) in [5.41, 5.74) is 8.15. The molecule has 0 saturated heterocycles. The maximum Gasteiger partial charge on any atom is 0.490 e. The van der Waals surface area contributed by atoms with Crippen molar-refractivity contribution in [3.8, 4) is 0 Å². The monoisotopic (exact) mass is 407 g/mol. The van der Waals surface area contributed by atoms with E-state index >= 15 is 0 Å². The Labute approximate surface area is 162 Å². The molecule has 0 radical (unpaired) electrons. The van der Waals surface area contributed by atoms with Gasteiger partial charge in [-0.3, -0.25) is 5.41 Å². The van der Waals surface area contributed by atoms with Crippen LogP contribution < -0.4 is 5.73 Å². The van der Waals surface area contributed by atoms with Crippen molar-refractivity contribution in [1.29, 1.82) is 5.41 Å². The van der Waals surface area contributed by atoms with Crippen LogP contribution in [0.1, 0.15) is 21.6 Å². The van der Waals surface area contributed by atoms with Crippen LogP contribution in [0.3, 0.4) is 0 Å². The molecule has 29 heavy (non-hydrogen) atoms. The van der Waals surface area contributed by atoms with E-state index < -0.39 is 18.1 Å². The molecule has 1 aromatic heterocycles. The summed E-state index contributed by atoms with van der Waals surface area (Å²) in [7, 11) is 0. The van der Waals surface area contributed by atoms with Crippen LogP contribution in [-0.4, -0.2) is 38.7 Å². The standard InChI is InChI=1S/C17H15N3O2.C2HF3O2/c18-16(19)13-6-3-4-11(8-13)10-20-14-7-2-1-5-12(14)9-15(20)17(21)22;3-2(4,5)1(6)7/h1-9H,10H2,(H3,18,19)(H,21,22);(H,6,7). The van der Waals surface area contributed by atoms with Crippen LogP contribution in [-0.2, 0) is 11.3 Å². The molecule has 0 fully saturated rings. The van der Waals surface area contributed by atoms with Crippen molar-refractivity contribution in [2.45, 2.75) is 12.7 Å². The van der Waals surface area contributed by atoms with Gasteiger partial charge in [-0.25, -0.2) is 9.59 Å². The predicted octanol–water partition coefficient (Wildman–Crippen LogP) is 3.31. The van der Waals surface area contributed by atoms with Crippen molar-refractivity contribution in [3.05, 3.63) is 71.4 Å². The molecule has 0 aliphatic heterocycles. The molecule has 0 saturated carbocycles. The van der Waals surface area contributed by atoms with E-state index in [0.717, 1.165) is 16.5 Å². The first-order chi connectivity index (χ1) is 13.5. The van der Waals surface area contributed by atoms with Gasteiger partial charge < -0.3 is 20.5 Å². The van der Waals surface area contributed by atoms with Crippen LogP contribution in [0.5, 0.6) is 0 Å². The number of benzene rings is 2. The molecule has 0 amide bonds. The van der Waals surface area contributed by atoms with Crippen LogP contribution >= 0.6 is 0 Å². The van der Waals surface area contributed by atoms with E-state index in [0.29, 0.717) is 12.1 Å². The number of nitrogens with zero attached hydrogens (tertiary/aromatic N) is 1. The molecule has 1 heterocycles. The second-order valence-electron chi connectivity index (χ2n) is 5.90. The quantitative estimate of drug-likeness (QED) is 0.390. The number of aromatic nitrogens is 1. The Kier molecular flexibility index (Phi) is 6.27. The number of rotatable bonds is 4. The Hall–Kier alpha value is -3.82. The van der Waals surface area contributed by atoms with Crippen LogP contribution in [0.15, 0.2) is 54.6 Å². The fraction of sp³-hybridized carbons (Fsp3) is 0.105. The first-order valence-electron chi connectivity index (χ1n) is 8.05. The number of nitrogens with two attached hydrogens (primary N) is 1. The van der Waals surface area contributed by atoms with Gasteiger partial charge in [0.2, 0.25) is 0 Å². The van der Waals surface area contributed by atoms with Gasteiger partial charge in [-0.2, -0.15) is 13.2 Å². The van der Waals surface area contributed by atoms with E-state index in [4.69, 9.17) is 21.0 Å². The van der Waals surface area contributed by atoms with Crippen LogP contribution in [0, 0.1) is 5.41 Å². The van der Waals surface area contributed by atoms with Gasteiger partial charge in [-0.1, -0.05) is 36.4 Å². The minimum atomic E-state index is -5.08. The lowest BCUT2D eigenvalue weighted by Crippen LogP contribution is -2.21. The van der Waals surface area contributed by atoms with Crippen LogP contribution in [0.4, 0.5) is 13.2 Å². The molecule has 3 aromatic rings. The molecule has 0 aliphatic carbocycles. The van der Waals surface area contributed by atoms with Gasteiger partial charge in [0.25, 0.3) is 0 Å². The Morgan fingerprint density at radius 3 is 2.21 bits per heavy atom. The molecular weight excluding hydrogens is 391 g/mol. The maximum atomic E-state index is 11.5. The number of carboxylic acid groups (broad SMARTS) is 2. The number of amidine groups is 1. The summed E-state index contributed by atoms with van der Waals surface area (Å²) in [5, 5.41) is 24.9. The van der Waals surface area contributed by atoms with Crippen LogP contribution in [0.25, 0.3) is 10.9 Å². The molecule has 0 unspecified atom stereocenters. The highest BCUT2D eigenvalue weighted by atomic mass is 19.4. The SMILES string of the molecule is N=C(N)c1cccc(Cn2c(C(=O)O)cc3ccccc32)c1.O=C(O)C(F)(F)F. The van der Waals surface area contributed by atoms with Crippen molar-refractivity contribution < 1.29 is 33.0 Å². The molecule has 7 nitrogen and oxygen atoms in total. The Bertz CT molecular complexity index is 1070. The van der Waals surface area contributed by atoms with Gasteiger partial charge in [0, 0.05) is 23.0 Å². The van der Waals surface area contributed by atoms with Crippen molar-refractivity contribution in [1.82, 2.24) is 4.57 Å². The summed E-state index contributed by atoms with van der Waals surface area (Å²) in [6, 6.07) is 16.5. The first-order valence-corrected chi connectivity index (χ1v) is 8.05. The number of carbonyl (C=O) groups is 2. The third-order valence-corrected chi connectivity index (χ3v) is 3.85. The van der Waals surface area contributed by atoms with Gasteiger partial charge >= 0.3 is 18.1 Å². The van der Waals surface area contributed by atoms with Crippen molar-refractivity contribution >= 4 is 28.7 Å². The zero-order valence-corrected chi connectivity index (χ0v) is 14.8. The van der Waals surface area contributed by atoms with Crippen molar-refractivity contribution in [3.63, 3.8) is 0 Å². The third-order valence-electron chi connectivity index (χ3n) is 3.85. The highest BCUT2D eigenvalue weighted by Crippen LogP contribution is 2.21. The molecule has 5 N–H and O–H groups in total. The number of aromatic carboxylic acids is 1. The molecule has 0 aliphatic rings. The Morgan fingerprint density at radius 2 is 1.66 bits per heavy atom. The highest BCUT2D eigenvalue weighted by molar-refractivity contribution is 5.95. The van der Waals surface area contributed by atoms with Crippen molar-refractivity contribution in [2.75, 3.05) is 0 Å². The number of nitrogens with one attached hydrogen (secondary N) is 1. The zero-order chi connectivity index (χ0) is 21.8. The molecule has 0 bridgehead atoms. The fourth-order valence-electron chi connectivity index (χ4n) is 2.58. The number of fused-ring (bicyclic) bond motifs is 1. The van der Waals surface area contributed by atoms with E-state index in [1.54, 1.807) is 16.7 Å². The fourth-order valence-corrected chi connectivity index (χ4v) is 2.58. The second kappa shape index (κ2) is 8.46. The van der Waals surface area contributed by atoms with E-state index in [9.17, 15) is 23.1 Å². The van der Waals surface area contributed by atoms with Gasteiger partial charge in [0.05, 0.1) is 0 Å². The highest BCUT2D eigenvalue weighted by Gasteiger charge is 2.38. The van der Waals surface area contributed by atoms with E-state index in [1.807, 2.05) is 42.5 Å². The summed E-state index contributed by atoms with van der Waals surface area (Å²) in [4.78, 5) is 20.4. The number of alkyl halides is 3. The molecule has 2 aromatic carbocycles. The first kappa shape index (κ1) is 21.5.